The standard InChI is InChI=1S/C9H8BrN3/c10-9-3-7-8(4-11-9)13(5-12-7)6-1-2-6/h3-6H,1-2H2. The normalized spacial score (nSPS) is 16.7. The molecule has 4 heteroatoms. The number of halogens is 1. The summed E-state index contributed by atoms with van der Waals surface area (Å²) in [7, 11) is 0. The van der Waals surface area contributed by atoms with E-state index in [0.717, 1.165) is 15.6 Å². The fraction of sp³-hybridized carbons (Fsp3) is 0.333. The average molecular weight is 238 g/mol. The van der Waals surface area contributed by atoms with Crippen molar-refractivity contribution in [3.05, 3.63) is 23.2 Å². The van der Waals surface area contributed by atoms with Gasteiger partial charge in [0.05, 0.1) is 23.6 Å². The molecule has 0 amide bonds. The fourth-order valence-corrected chi connectivity index (χ4v) is 1.86. The highest BCUT2D eigenvalue weighted by Crippen LogP contribution is 2.36. The predicted octanol–water partition coefficient (Wildman–Crippen LogP) is 2.53. The molecule has 0 atom stereocenters. The first-order valence-electron chi connectivity index (χ1n) is 4.33. The second kappa shape index (κ2) is 2.54. The highest BCUT2D eigenvalue weighted by Gasteiger charge is 2.24. The summed E-state index contributed by atoms with van der Waals surface area (Å²) in [4.78, 5) is 8.54. The van der Waals surface area contributed by atoms with Gasteiger partial charge in [0.15, 0.2) is 0 Å². The third-order valence-electron chi connectivity index (χ3n) is 2.37. The molecule has 3 nitrogen and oxygen atoms in total. The molecule has 2 aromatic heterocycles. The van der Waals surface area contributed by atoms with E-state index in [0.29, 0.717) is 6.04 Å². The van der Waals surface area contributed by atoms with Gasteiger partial charge in [-0.3, -0.25) is 0 Å². The van der Waals surface area contributed by atoms with Crippen LogP contribution in [-0.4, -0.2) is 14.5 Å². The van der Waals surface area contributed by atoms with Crippen molar-refractivity contribution in [1.82, 2.24) is 14.5 Å². The number of aromatic nitrogens is 3. The van der Waals surface area contributed by atoms with E-state index in [-0.39, 0.29) is 0 Å². The van der Waals surface area contributed by atoms with E-state index in [1.165, 1.54) is 12.8 Å². The molecule has 13 heavy (non-hydrogen) atoms. The Labute approximate surface area is 83.9 Å². The van der Waals surface area contributed by atoms with Gasteiger partial charge in [-0.05, 0) is 34.8 Å². The lowest BCUT2D eigenvalue weighted by atomic mass is 10.4. The van der Waals surface area contributed by atoms with Crippen LogP contribution in [0.2, 0.25) is 0 Å². The molecule has 2 aromatic rings. The summed E-state index contributed by atoms with van der Waals surface area (Å²) >= 11 is 3.33. The van der Waals surface area contributed by atoms with Gasteiger partial charge >= 0.3 is 0 Å². The zero-order chi connectivity index (χ0) is 8.84. The maximum atomic E-state index is 4.33. The molecule has 2 heterocycles. The number of fused-ring (bicyclic) bond motifs is 1. The first-order chi connectivity index (χ1) is 6.34. The Morgan fingerprint density at radius 3 is 3.00 bits per heavy atom. The van der Waals surface area contributed by atoms with Crippen LogP contribution in [0.15, 0.2) is 23.2 Å². The lowest BCUT2D eigenvalue weighted by Gasteiger charge is -1.98. The summed E-state index contributed by atoms with van der Waals surface area (Å²) in [6, 6.07) is 2.63. The van der Waals surface area contributed by atoms with E-state index in [9.17, 15) is 0 Å². The van der Waals surface area contributed by atoms with Crippen molar-refractivity contribution in [3.8, 4) is 0 Å². The summed E-state index contributed by atoms with van der Waals surface area (Å²) in [5.41, 5.74) is 2.17. The summed E-state index contributed by atoms with van der Waals surface area (Å²) in [5, 5.41) is 0. The number of hydrogen-bond donors (Lipinski definition) is 0. The highest BCUT2D eigenvalue weighted by atomic mass is 79.9. The Hall–Kier alpha value is -0.900. The van der Waals surface area contributed by atoms with Crippen molar-refractivity contribution in [1.29, 1.82) is 0 Å². The predicted molar refractivity (Wildman–Crippen MR) is 53.5 cm³/mol. The monoisotopic (exact) mass is 237 g/mol. The molecule has 0 bridgehead atoms. The molecule has 1 aliphatic rings. The molecular weight excluding hydrogens is 230 g/mol. The van der Waals surface area contributed by atoms with Gasteiger partial charge in [-0.2, -0.15) is 0 Å². The molecule has 0 aliphatic heterocycles. The van der Waals surface area contributed by atoms with Gasteiger partial charge in [0.1, 0.15) is 4.60 Å². The first kappa shape index (κ1) is 7.50. The van der Waals surface area contributed by atoms with Crippen molar-refractivity contribution < 1.29 is 0 Å². The molecular formula is C9H8BrN3. The number of imidazole rings is 1. The van der Waals surface area contributed by atoms with Crippen LogP contribution in [0.3, 0.4) is 0 Å². The molecule has 0 unspecified atom stereocenters. The molecule has 1 saturated carbocycles. The van der Waals surface area contributed by atoms with Crippen molar-refractivity contribution >= 4 is 27.0 Å². The lowest BCUT2D eigenvalue weighted by Crippen LogP contribution is -1.90. The van der Waals surface area contributed by atoms with Crippen molar-refractivity contribution in [2.24, 2.45) is 0 Å². The summed E-state index contributed by atoms with van der Waals surface area (Å²) in [5.74, 6) is 0. The Kier molecular flexibility index (Phi) is 1.47. The Bertz CT molecular complexity index is 459. The van der Waals surface area contributed by atoms with Gasteiger partial charge in [-0.25, -0.2) is 9.97 Å². The maximum absolute atomic E-state index is 4.33. The Morgan fingerprint density at radius 1 is 1.38 bits per heavy atom. The quantitative estimate of drug-likeness (QED) is 0.714. The van der Waals surface area contributed by atoms with Crippen molar-refractivity contribution in [3.63, 3.8) is 0 Å². The maximum Gasteiger partial charge on any atom is 0.108 e. The first-order valence-corrected chi connectivity index (χ1v) is 5.12. The summed E-state index contributed by atoms with van der Waals surface area (Å²) in [6.07, 6.45) is 6.35. The van der Waals surface area contributed by atoms with Crippen LogP contribution >= 0.6 is 15.9 Å². The largest absolute Gasteiger partial charge is 0.326 e. The molecule has 0 saturated heterocycles. The number of pyridine rings is 1. The van der Waals surface area contributed by atoms with E-state index >= 15 is 0 Å². The third kappa shape index (κ3) is 1.16. The molecule has 3 rings (SSSR count). The van der Waals surface area contributed by atoms with Crippen LogP contribution in [0.4, 0.5) is 0 Å². The van der Waals surface area contributed by atoms with Crippen LogP contribution in [0.25, 0.3) is 11.0 Å². The SMILES string of the molecule is Brc1cc2ncn(C3CC3)c2cn1. The summed E-state index contributed by atoms with van der Waals surface area (Å²) < 4.78 is 3.07. The Morgan fingerprint density at radius 2 is 2.23 bits per heavy atom. The lowest BCUT2D eigenvalue weighted by molar-refractivity contribution is 0.764. The molecule has 1 aliphatic carbocycles. The van der Waals surface area contributed by atoms with E-state index in [1.54, 1.807) is 0 Å². The minimum absolute atomic E-state index is 0.674. The van der Waals surface area contributed by atoms with Gasteiger partial charge in [0.25, 0.3) is 0 Å². The second-order valence-corrected chi connectivity index (χ2v) is 4.19. The van der Waals surface area contributed by atoms with Gasteiger partial charge < -0.3 is 4.57 Å². The molecule has 0 radical (unpaired) electrons. The number of hydrogen-bond acceptors (Lipinski definition) is 2. The zero-order valence-corrected chi connectivity index (χ0v) is 8.53. The van der Waals surface area contributed by atoms with E-state index in [2.05, 4.69) is 30.5 Å². The van der Waals surface area contributed by atoms with E-state index in [1.807, 2.05) is 18.6 Å². The fourth-order valence-electron chi connectivity index (χ4n) is 1.55. The van der Waals surface area contributed by atoms with Crippen LogP contribution < -0.4 is 0 Å². The van der Waals surface area contributed by atoms with Crippen LogP contribution in [0.5, 0.6) is 0 Å². The number of rotatable bonds is 1. The van der Waals surface area contributed by atoms with E-state index < -0.39 is 0 Å². The summed E-state index contributed by atoms with van der Waals surface area (Å²) in [6.45, 7) is 0. The Balaban J connectivity index is 2.26. The number of nitrogens with zero attached hydrogens (tertiary/aromatic N) is 3. The van der Waals surface area contributed by atoms with E-state index in [4.69, 9.17) is 0 Å². The topological polar surface area (TPSA) is 30.7 Å². The minimum Gasteiger partial charge on any atom is -0.326 e. The highest BCUT2D eigenvalue weighted by molar-refractivity contribution is 9.10. The van der Waals surface area contributed by atoms with Gasteiger partial charge in [-0.15, -0.1) is 0 Å². The van der Waals surface area contributed by atoms with Gasteiger partial charge in [0.2, 0.25) is 0 Å². The third-order valence-corrected chi connectivity index (χ3v) is 2.80. The average Bonchev–Trinajstić information content (AvgIpc) is 2.87. The second-order valence-electron chi connectivity index (χ2n) is 3.38. The van der Waals surface area contributed by atoms with Crippen LogP contribution in [0, 0.1) is 0 Å². The van der Waals surface area contributed by atoms with Gasteiger partial charge in [0, 0.05) is 6.04 Å². The molecule has 0 aromatic carbocycles. The molecule has 0 N–H and O–H groups in total. The van der Waals surface area contributed by atoms with Crippen molar-refractivity contribution in [2.75, 3.05) is 0 Å². The molecule has 1 fully saturated rings. The zero-order valence-electron chi connectivity index (χ0n) is 6.94. The molecule has 66 valence electrons. The minimum atomic E-state index is 0.674. The van der Waals surface area contributed by atoms with Gasteiger partial charge in [-0.1, -0.05) is 0 Å². The van der Waals surface area contributed by atoms with Crippen molar-refractivity contribution in [2.45, 2.75) is 18.9 Å². The smallest absolute Gasteiger partial charge is 0.108 e. The van der Waals surface area contributed by atoms with Crippen LogP contribution in [-0.2, 0) is 0 Å². The molecule has 0 spiro atoms. The van der Waals surface area contributed by atoms with Crippen LogP contribution in [0.1, 0.15) is 18.9 Å².